The molecule has 0 radical (unpaired) electrons. The van der Waals surface area contributed by atoms with Gasteiger partial charge in [0, 0.05) is 5.69 Å². The number of hydrogen-bond acceptors (Lipinski definition) is 3. The topological polar surface area (TPSA) is 26.0 Å². The Kier molecular flexibility index (Phi) is 2.91. The molecule has 0 saturated carbocycles. The third-order valence-corrected chi connectivity index (χ3v) is 2.67. The Bertz CT molecular complexity index is 253. The van der Waals surface area contributed by atoms with Gasteiger partial charge in [-0.25, -0.2) is 0 Å². The van der Waals surface area contributed by atoms with Crippen molar-refractivity contribution in [3.05, 3.63) is 29.8 Å². The van der Waals surface area contributed by atoms with Crippen molar-refractivity contribution in [3.8, 4) is 0 Å². The smallest absolute Gasteiger partial charge is 0.0775 e. The van der Waals surface area contributed by atoms with Crippen LogP contribution in [0.5, 0.6) is 0 Å². The first-order chi connectivity index (χ1) is 5.24. The number of rotatable bonds is 1. The molecule has 0 fully saturated rings. The van der Waals surface area contributed by atoms with Crippen LogP contribution in [0.1, 0.15) is 5.56 Å². The fourth-order valence-corrected chi connectivity index (χ4v) is 1.24. The van der Waals surface area contributed by atoms with Crippen LogP contribution >= 0.6 is 24.0 Å². The second-order valence-corrected chi connectivity index (χ2v) is 3.60. The van der Waals surface area contributed by atoms with Crippen LogP contribution < -0.4 is 5.73 Å². The van der Waals surface area contributed by atoms with E-state index in [0.29, 0.717) is 0 Å². The van der Waals surface area contributed by atoms with E-state index in [0.717, 1.165) is 15.4 Å². The second kappa shape index (κ2) is 3.74. The van der Waals surface area contributed by atoms with Crippen LogP contribution in [0.2, 0.25) is 0 Å². The number of anilines is 1. The molecule has 58 valence electrons. The summed E-state index contributed by atoms with van der Waals surface area (Å²) < 4.78 is 0.907. The van der Waals surface area contributed by atoms with Crippen LogP contribution in [-0.4, -0.2) is 10.5 Å². The molecule has 0 atom stereocenters. The maximum absolute atomic E-state index is 5.52. The summed E-state index contributed by atoms with van der Waals surface area (Å²) in [6.07, 6.45) is 1.97. The van der Waals surface area contributed by atoms with Gasteiger partial charge < -0.3 is 5.73 Å². The predicted molar refractivity (Wildman–Crippen MR) is 56.1 cm³/mol. The Hall–Kier alpha value is -0.540. The van der Waals surface area contributed by atoms with Crippen LogP contribution in [0.4, 0.5) is 5.69 Å². The summed E-state index contributed by atoms with van der Waals surface area (Å²) in [6.45, 7) is 0. The first-order valence-electron chi connectivity index (χ1n) is 3.18. The van der Waals surface area contributed by atoms with E-state index in [1.165, 1.54) is 0 Å². The summed E-state index contributed by atoms with van der Waals surface area (Å²) in [4.78, 5) is 0. The first kappa shape index (κ1) is 8.56. The van der Waals surface area contributed by atoms with Crippen LogP contribution in [0.25, 0.3) is 0 Å². The average Bonchev–Trinajstić information content (AvgIpc) is 2.05. The number of nitrogens with two attached hydrogens (primary N) is 1. The average molecular weight is 183 g/mol. The molecule has 1 rings (SSSR count). The van der Waals surface area contributed by atoms with Gasteiger partial charge in [-0.2, -0.15) is 0 Å². The molecule has 0 aliphatic heterocycles. The summed E-state index contributed by atoms with van der Waals surface area (Å²) >= 11 is 6.66. The lowest BCUT2D eigenvalue weighted by Crippen LogP contribution is -1.91. The molecule has 0 aliphatic rings. The van der Waals surface area contributed by atoms with Crippen LogP contribution in [0, 0.1) is 0 Å². The van der Waals surface area contributed by atoms with E-state index >= 15 is 0 Å². The highest BCUT2D eigenvalue weighted by Gasteiger charge is 1.96. The van der Waals surface area contributed by atoms with Crippen molar-refractivity contribution in [1.82, 2.24) is 0 Å². The van der Waals surface area contributed by atoms with Gasteiger partial charge in [-0.3, -0.25) is 0 Å². The van der Waals surface area contributed by atoms with E-state index in [-0.39, 0.29) is 0 Å². The van der Waals surface area contributed by atoms with E-state index in [9.17, 15) is 0 Å². The van der Waals surface area contributed by atoms with E-state index < -0.39 is 0 Å². The Labute approximate surface area is 76.0 Å². The minimum atomic E-state index is 0.776. The molecule has 1 nitrogen and oxygen atoms in total. The zero-order chi connectivity index (χ0) is 8.27. The van der Waals surface area contributed by atoms with Crippen LogP contribution in [-0.2, 0) is 0 Å². The summed E-state index contributed by atoms with van der Waals surface area (Å²) in [6, 6.07) is 7.60. The van der Waals surface area contributed by atoms with Crippen LogP contribution in [0.3, 0.4) is 0 Å². The van der Waals surface area contributed by atoms with Gasteiger partial charge in [-0.15, -0.1) is 11.8 Å². The molecule has 0 aromatic heterocycles. The summed E-state index contributed by atoms with van der Waals surface area (Å²) in [5.41, 5.74) is 7.36. The van der Waals surface area contributed by atoms with Crippen molar-refractivity contribution in [2.75, 3.05) is 12.0 Å². The molecular weight excluding hydrogens is 174 g/mol. The molecule has 0 aliphatic carbocycles. The number of nitrogen functional groups attached to an aromatic ring is 1. The van der Waals surface area contributed by atoms with Crippen molar-refractivity contribution in [1.29, 1.82) is 0 Å². The maximum atomic E-state index is 5.52. The van der Waals surface area contributed by atoms with Crippen molar-refractivity contribution >= 4 is 33.9 Å². The number of thioether (sulfide) groups is 1. The Morgan fingerprint density at radius 1 is 1.36 bits per heavy atom. The molecule has 2 N–H and O–H groups in total. The van der Waals surface area contributed by atoms with Crippen molar-refractivity contribution < 1.29 is 0 Å². The molecule has 0 saturated heterocycles. The first-order valence-corrected chi connectivity index (χ1v) is 4.81. The maximum Gasteiger partial charge on any atom is 0.0775 e. The lowest BCUT2D eigenvalue weighted by Gasteiger charge is -1.99. The van der Waals surface area contributed by atoms with Crippen molar-refractivity contribution in [2.24, 2.45) is 0 Å². The van der Waals surface area contributed by atoms with Gasteiger partial charge in [-0.05, 0) is 24.0 Å². The molecule has 0 spiro atoms. The van der Waals surface area contributed by atoms with E-state index in [2.05, 4.69) is 0 Å². The highest BCUT2D eigenvalue weighted by molar-refractivity contribution is 8.23. The van der Waals surface area contributed by atoms with Gasteiger partial charge in [0.05, 0.1) is 4.20 Å². The SMILES string of the molecule is CSC(=S)c1ccc(N)cc1. The fraction of sp³-hybridized carbons (Fsp3) is 0.125. The third kappa shape index (κ3) is 2.20. The highest BCUT2D eigenvalue weighted by atomic mass is 32.2. The molecule has 1 aromatic carbocycles. The minimum absolute atomic E-state index is 0.776. The van der Waals surface area contributed by atoms with Gasteiger partial charge in [0.2, 0.25) is 0 Å². The highest BCUT2D eigenvalue weighted by Crippen LogP contribution is 2.12. The van der Waals surface area contributed by atoms with Crippen molar-refractivity contribution in [3.63, 3.8) is 0 Å². The van der Waals surface area contributed by atoms with Gasteiger partial charge >= 0.3 is 0 Å². The van der Waals surface area contributed by atoms with Gasteiger partial charge in [-0.1, -0.05) is 24.4 Å². The Morgan fingerprint density at radius 2 is 1.91 bits per heavy atom. The number of benzene rings is 1. The zero-order valence-corrected chi connectivity index (χ0v) is 7.84. The van der Waals surface area contributed by atoms with Gasteiger partial charge in [0.25, 0.3) is 0 Å². The largest absolute Gasteiger partial charge is 0.399 e. The second-order valence-electron chi connectivity index (χ2n) is 2.11. The lowest BCUT2D eigenvalue weighted by molar-refractivity contribution is 1.66. The summed E-state index contributed by atoms with van der Waals surface area (Å²) in [5, 5.41) is 0. The van der Waals surface area contributed by atoms with Crippen LogP contribution in [0.15, 0.2) is 24.3 Å². The zero-order valence-electron chi connectivity index (χ0n) is 6.20. The van der Waals surface area contributed by atoms with Gasteiger partial charge in [0.15, 0.2) is 0 Å². The van der Waals surface area contributed by atoms with E-state index in [4.69, 9.17) is 18.0 Å². The normalized spacial score (nSPS) is 9.55. The standard InChI is InChI=1S/C8H9NS2/c1-11-8(10)6-2-4-7(9)5-3-6/h2-5H,9H2,1H3. The molecule has 0 bridgehead atoms. The predicted octanol–water partition coefficient (Wildman–Crippen LogP) is 2.31. The molecule has 3 heteroatoms. The Morgan fingerprint density at radius 3 is 2.36 bits per heavy atom. The monoisotopic (exact) mass is 183 g/mol. The van der Waals surface area contributed by atoms with Gasteiger partial charge in [0.1, 0.15) is 0 Å². The quantitative estimate of drug-likeness (QED) is 0.534. The van der Waals surface area contributed by atoms with E-state index in [1.807, 2.05) is 30.5 Å². The van der Waals surface area contributed by atoms with Crippen molar-refractivity contribution in [2.45, 2.75) is 0 Å². The number of hydrogen-bond donors (Lipinski definition) is 1. The molecule has 0 amide bonds. The molecule has 0 unspecified atom stereocenters. The third-order valence-electron chi connectivity index (χ3n) is 1.33. The fourth-order valence-electron chi connectivity index (χ4n) is 0.737. The van der Waals surface area contributed by atoms with E-state index in [1.54, 1.807) is 11.8 Å². The molecule has 1 aromatic rings. The molecular formula is C8H9NS2. The summed E-state index contributed by atoms with van der Waals surface area (Å²) in [7, 11) is 0. The minimum Gasteiger partial charge on any atom is -0.399 e. The molecule has 0 heterocycles. The summed E-state index contributed by atoms with van der Waals surface area (Å²) in [5.74, 6) is 0. The molecule has 11 heavy (non-hydrogen) atoms. The number of thiocarbonyl (C=S) groups is 1. The Balaban J connectivity index is 2.90. The lowest BCUT2D eigenvalue weighted by atomic mass is 10.2.